The van der Waals surface area contributed by atoms with Crippen molar-refractivity contribution in [3.8, 4) is 5.69 Å². The lowest BCUT2D eigenvalue weighted by Gasteiger charge is -2.19. The minimum absolute atomic E-state index is 0.0924. The molecule has 4 rings (SSSR count). The predicted octanol–water partition coefficient (Wildman–Crippen LogP) is 2.38. The van der Waals surface area contributed by atoms with Crippen molar-refractivity contribution in [2.24, 2.45) is 11.8 Å². The van der Waals surface area contributed by atoms with Crippen LogP contribution in [-0.2, 0) is 14.4 Å². The number of anilines is 1. The van der Waals surface area contributed by atoms with Gasteiger partial charge in [-0.05, 0) is 25.0 Å². The van der Waals surface area contributed by atoms with Crippen molar-refractivity contribution in [3.05, 3.63) is 43.0 Å². The van der Waals surface area contributed by atoms with Gasteiger partial charge in [0, 0.05) is 25.4 Å². The molecule has 1 saturated heterocycles. The fraction of sp³-hybridized carbons (Fsp3) is 0.400. The molecule has 1 saturated carbocycles. The first-order valence-electron chi connectivity index (χ1n) is 9.37. The van der Waals surface area contributed by atoms with E-state index in [0.717, 1.165) is 31.4 Å². The lowest BCUT2D eigenvalue weighted by atomic mass is 9.81. The summed E-state index contributed by atoms with van der Waals surface area (Å²) in [5.41, 5.74) is 1.47. The molecule has 7 nitrogen and oxygen atoms in total. The number of imide groups is 1. The molecule has 2 fully saturated rings. The number of carbonyl (C=O) groups excluding carboxylic acids is 3. The van der Waals surface area contributed by atoms with E-state index in [2.05, 4.69) is 10.3 Å². The number of amides is 3. The lowest BCUT2D eigenvalue weighted by molar-refractivity contribution is -0.140. The van der Waals surface area contributed by atoms with E-state index < -0.39 is 0 Å². The molecule has 1 aliphatic heterocycles. The fourth-order valence-corrected chi connectivity index (χ4v) is 4.08. The fourth-order valence-electron chi connectivity index (χ4n) is 4.08. The van der Waals surface area contributed by atoms with E-state index >= 15 is 0 Å². The van der Waals surface area contributed by atoms with Gasteiger partial charge in [-0.3, -0.25) is 19.3 Å². The number of aromatic nitrogens is 2. The molecule has 2 atom stereocenters. The second kappa shape index (κ2) is 7.34. The topological polar surface area (TPSA) is 84.3 Å². The van der Waals surface area contributed by atoms with Gasteiger partial charge in [-0.15, -0.1) is 0 Å². The first kappa shape index (κ1) is 17.5. The van der Waals surface area contributed by atoms with E-state index in [9.17, 15) is 14.4 Å². The predicted molar refractivity (Wildman–Crippen MR) is 99.0 cm³/mol. The first-order valence-corrected chi connectivity index (χ1v) is 9.37. The van der Waals surface area contributed by atoms with E-state index in [1.165, 1.54) is 4.90 Å². The van der Waals surface area contributed by atoms with Gasteiger partial charge in [0.2, 0.25) is 17.7 Å². The molecule has 0 bridgehead atoms. The summed E-state index contributed by atoms with van der Waals surface area (Å²) < 4.78 is 1.81. The maximum Gasteiger partial charge on any atom is 0.233 e. The third-order valence-electron chi connectivity index (χ3n) is 5.46. The summed E-state index contributed by atoms with van der Waals surface area (Å²) in [6.45, 7) is 0.143. The molecule has 140 valence electrons. The molecular formula is C20H22N4O3. The summed E-state index contributed by atoms with van der Waals surface area (Å²) in [4.78, 5) is 42.7. The van der Waals surface area contributed by atoms with Crippen molar-refractivity contribution in [3.63, 3.8) is 0 Å². The Labute approximate surface area is 157 Å². The molecule has 27 heavy (non-hydrogen) atoms. The van der Waals surface area contributed by atoms with Crippen LogP contribution in [0.1, 0.15) is 32.1 Å². The molecule has 2 unspecified atom stereocenters. The summed E-state index contributed by atoms with van der Waals surface area (Å²) >= 11 is 0. The number of para-hydroxylation sites is 2. The van der Waals surface area contributed by atoms with Crippen LogP contribution in [0.2, 0.25) is 0 Å². The Kier molecular flexibility index (Phi) is 4.75. The second-order valence-electron chi connectivity index (χ2n) is 7.11. The number of hydrogen-bond donors (Lipinski definition) is 1. The summed E-state index contributed by atoms with van der Waals surface area (Å²) in [5.74, 6) is -0.766. The largest absolute Gasteiger partial charge is 0.324 e. The molecule has 3 amide bonds. The van der Waals surface area contributed by atoms with Gasteiger partial charge in [-0.2, -0.15) is 0 Å². The maximum atomic E-state index is 12.5. The van der Waals surface area contributed by atoms with Crippen LogP contribution in [0.25, 0.3) is 5.69 Å². The Morgan fingerprint density at radius 2 is 1.81 bits per heavy atom. The van der Waals surface area contributed by atoms with Crippen LogP contribution >= 0.6 is 0 Å². The number of hydrogen-bond acceptors (Lipinski definition) is 4. The van der Waals surface area contributed by atoms with Gasteiger partial charge in [0.05, 0.1) is 29.5 Å². The molecule has 0 spiro atoms. The Morgan fingerprint density at radius 3 is 2.48 bits per heavy atom. The van der Waals surface area contributed by atoms with Crippen LogP contribution in [-0.4, -0.2) is 38.7 Å². The third kappa shape index (κ3) is 3.37. The summed E-state index contributed by atoms with van der Waals surface area (Å²) in [6, 6.07) is 7.42. The van der Waals surface area contributed by atoms with Crippen molar-refractivity contribution < 1.29 is 14.4 Å². The zero-order valence-electron chi connectivity index (χ0n) is 15.0. The van der Waals surface area contributed by atoms with Crippen molar-refractivity contribution in [1.29, 1.82) is 0 Å². The molecule has 1 aromatic heterocycles. The van der Waals surface area contributed by atoms with E-state index in [4.69, 9.17) is 0 Å². The Hall–Kier alpha value is -2.96. The number of likely N-dealkylation sites (tertiary alicyclic amines) is 1. The molecule has 2 aliphatic rings. The minimum Gasteiger partial charge on any atom is -0.324 e. The van der Waals surface area contributed by atoms with Gasteiger partial charge in [0.15, 0.2) is 0 Å². The average molecular weight is 366 g/mol. The Morgan fingerprint density at radius 1 is 1.11 bits per heavy atom. The zero-order chi connectivity index (χ0) is 18.8. The van der Waals surface area contributed by atoms with Crippen LogP contribution in [0.4, 0.5) is 5.69 Å². The average Bonchev–Trinajstić information content (AvgIpc) is 3.29. The highest BCUT2D eigenvalue weighted by molar-refractivity contribution is 6.05. The van der Waals surface area contributed by atoms with Gasteiger partial charge in [0.25, 0.3) is 0 Å². The van der Waals surface area contributed by atoms with Crippen LogP contribution in [0.5, 0.6) is 0 Å². The van der Waals surface area contributed by atoms with Crippen LogP contribution in [0, 0.1) is 11.8 Å². The van der Waals surface area contributed by atoms with Crippen molar-refractivity contribution in [2.75, 3.05) is 11.9 Å². The highest BCUT2D eigenvalue weighted by Gasteiger charge is 2.47. The Balaban J connectivity index is 1.40. The minimum atomic E-state index is -0.224. The highest BCUT2D eigenvalue weighted by Crippen LogP contribution is 2.38. The van der Waals surface area contributed by atoms with Crippen LogP contribution in [0.15, 0.2) is 43.0 Å². The quantitative estimate of drug-likeness (QED) is 0.824. The normalized spacial score (nSPS) is 22.0. The molecule has 1 aromatic carbocycles. The summed E-state index contributed by atoms with van der Waals surface area (Å²) in [5, 5.41) is 2.88. The maximum absolute atomic E-state index is 12.5. The number of rotatable bonds is 5. The molecular weight excluding hydrogens is 344 g/mol. The highest BCUT2D eigenvalue weighted by atomic mass is 16.2. The number of imidazole rings is 1. The number of benzene rings is 1. The molecule has 0 radical (unpaired) electrons. The summed E-state index contributed by atoms with van der Waals surface area (Å²) in [6.07, 6.45) is 8.80. The molecule has 2 aromatic rings. The zero-order valence-corrected chi connectivity index (χ0v) is 15.0. The van der Waals surface area contributed by atoms with Crippen molar-refractivity contribution in [2.45, 2.75) is 32.1 Å². The third-order valence-corrected chi connectivity index (χ3v) is 5.46. The van der Waals surface area contributed by atoms with Crippen LogP contribution < -0.4 is 5.32 Å². The van der Waals surface area contributed by atoms with E-state index in [1.54, 1.807) is 18.7 Å². The molecule has 2 heterocycles. The van der Waals surface area contributed by atoms with Gasteiger partial charge in [0.1, 0.15) is 0 Å². The summed E-state index contributed by atoms with van der Waals surface area (Å²) in [7, 11) is 0. The molecule has 1 N–H and O–H groups in total. The lowest BCUT2D eigenvalue weighted by Crippen LogP contribution is -2.34. The molecule has 7 heteroatoms. The first-order chi connectivity index (χ1) is 13.1. The second-order valence-corrected chi connectivity index (χ2v) is 7.11. The number of fused-ring (bicyclic) bond motifs is 1. The number of nitrogens with one attached hydrogen (secondary N) is 1. The van der Waals surface area contributed by atoms with Gasteiger partial charge < -0.3 is 9.88 Å². The Bertz CT molecular complexity index is 838. The van der Waals surface area contributed by atoms with Gasteiger partial charge in [-0.1, -0.05) is 25.0 Å². The smallest absolute Gasteiger partial charge is 0.233 e. The number of carbonyl (C=O) groups is 3. The van der Waals surface area contributed by atoms with E-state index in [0.29, 0.717) is 5.69 Å². The van der Waals surface area contributed by atoms with Gasteiger partial charge >= 0.3 is 0 Å². The van der Waals surface area contributed by atoms with E-state index in [-0.39, 0.29) is 42.5 Å². The van der Waals surface area contributed by atoms with Crippen LogP contribution in [0.3, 0.4) is 0 Å². The number of nitrogens with zero attached hydrogens (tertiary/aromatic N) is 3. The van der Waals surface area contributed by atoms with Crippen molar-refractivity contribution >= 4 is 23.4 Å². The standard InChI is InChI=1S/C20H22N4O3/c25-18(22-16-7-3-4-8-17(16)23-12-10-21-13-23)9-11-24-19(26)14-5-1-2-6-15(14)20(24)27/h3-4,7-8,10,12-15H,1-2,5-6,9,11H2,(H,22,25). The van der Waals surface area contributed by atoms with E-state index in [1.807, 2.05) is 28.8 Å². The molecule has 1 aliphatic carbocycles. The van der Waals surface area contributed by atoms with Gasteiger partial charge in [-0.25, -0.2) is 4.98 Å². The van der Waals surface area contributed by atoms with Crippen molar-refractivity contribution in [1.82, 2.24) is 14.5 Å². The SMILES string of the molecule is O=C(CCN1C(=O)C2CCCCC2C1=O)Nc1ccccc1-n1ccnc1. The monoisotopic (exact) mass is 366 g/mol.